The molecule has 2 aromatic rings. The van der Waals surface area contributed by atoms with Gasteiger partial charge >= 0.3 is 0 Å². The summed E-state index contributed by atoms with van der Waals surface area (Å²) in [7, 11) is 0. The molecule has 2 aromatic heterocycles. The number of likely N-dealkylation sites (tertiary alicyclic amines) is 1. The second kappa shape index (κ2) is 5.76. The third-order valence-electron chi connectivity index (χ3n) is 4.71. The van der Waals surface area contributed by atoms with Gasteiger partial charge in [-0.2, -0.15) is 0 Å². The van der Waals surface area contributed by atoms with Gasteiger partial charge in [0.25, 0.3) is 0 Å². The molecule has 6 heteroatoms. The molecule has 1 aliphatic rings. The van der Waals surface area contributed by atoms with Gasteiger partial charge in [0.1, 0.15) is 16.5 Å². The van der Waals surface area contributed by atoms with E-state index in [9.17, 15) is 5.11 Å². The Kier molecular flexibility index (Phi) is 4.09. The number of thiophene rings is 1. The van der Waals surface area contributed by atoms with Crippen LogP contribution in [0.15, 0.2) is 0 Å². The van der Waals surface area contributed by atoms with Gasteiger partial charge in [-0.3, -0.25) is 4.90 Å². The molecule has 0 amide bonds. The van der Waals surface area contributed by atoms with Crippen molar-refractivity contribution in [3.8, 4) is 0 Å². The minimum atomic E-state index is -0.00992. The van der Waals surface area contributed by atoms with Crippen LogP contribution < -0.4 is 5.73 Å². The highest BCUT2D eigenvalue weighted by Gasteiger charge is 2.30. The summed E-state index contributed by atoms with van der Waals surface area (Å²) in [4.78, 5) is 13.8. The second-order valence-corrected chi connectivity index (χ2v) is 7.97. The number of anilines is 1. The summed E-state index contributed by atoms with van der Waals surface area (Å²) in [5, 5.41) is 10.6. The van der Waals surface area contributed by atoms with Gasteiger partial charge in [-0.05, 0) is 38.8 Å². The van der Waals surface area contributed by atoms with Crippen LogP contribution in [0.1, 0.15) is 36.0 Å². The molecule has 3 heterocycles. The first-order valence-electron chi connectivity index (χ1n) is 7.77. The standard InChI is InChI=1S/C16H24N4OS/c1-10-11(2)22-15-13(10)14(17)18-12(19-15)7-20-6-4-5-16(3,8-20)9-21/h21H,4-9H2,1-3H3,(H2,17,18,19). The lowest BCUT2D eigenvalue weighted by atomic mass is 9.83. The first kappa shape index (κ1) is 15.6. The Morgan fingerprint density at radius 3 is 2.86 bits per heavy atom. The van der Waals surface area contributed by atoms with E-state index >= 15 is 0 Å². The highest BCUT2D eigenvalue weighted by molar-refractivity contribution is 7.18. The fourth-order valence-corrected chi connectivity index (χ4v) is 4.34. The van der Waals surface area contributed by atoms with Gasteiger partial charge in [-0.1, -0.05) is 6.92 Å². The molecule has 1 unspecified atom stereocenters. The molecule has 1 aliphatic heterocycles. The third-order valence-corrected chi connectivity index (χ3v) is 5.81. The Morgan fingerprint density at radius 2 is 2.14 bits per heavy atom. The Hall–Kier alpha value is -1.24. The number of nitrogens with two attached hydrogens (primary N) is 1. The van der Waals surface area contributed by atoms with Crippen LogP contribution in [-0.2, 0) is 6.54 Å². The molecule has 3 N–H and O–H groups in total. The van der Waals surface area contributed by atoms with Gasteiger partial charge in [-0.25, -0.2) is 9.97 Å². The van der Waals surface area contributed by atoms with Crippen molar-refractivity contribution in [2.24, 2.45) is 5.41 Å². The van der Waals surface area contributed by atoms with E-state index in [0.29, 0.717) is 12.4 Å². The zero-order chi connectivity index (χ0) is 15.9. The molecule has 1 atom stereocenters. The highest BCUT2D eigenvalue weighted by Crippen LogP contribution is 2.33. The molecular formula is C16H24N4OS. The van der Waals surface area contributed by atoms with Crippen LogP contribution in [0, 0.1) is 19.3 Å². The molecule has 120 valence electrons. The van der Waals surface area contributed by atoms with Crippen molar-refractivity contribution in [3.63, 3.8) is 0 Å². The molecule has 0 spiro atoms. The first-order chi connectivity index (χ1) is 10.4. The van der Waals surface area contributed by atoms with Crippen molar-refractivity contribution < 1.29 is 5.11 Å². The summed E-state index contributed by atoms with van der Waals surface area (Å²) in [6.07, 6.45) is 2.18. The first-order valence-corrected chi connectivity index (χ1v) is 8.59. The Labute approximate surface area is 135 Å². The average molecular weight is 320 g/mol. The van der Waals surface area contributed by atoms with Crippen molar-refractivity contribution in [3.05, 3.63) is 16.3 Å². The number of hydrogen-bond acceptors (Lipinski definition) is 6. The van der Waals surface area contributed by atoms with Gasteiger partial charge in [0.15, 0.2) is 0 Å². The van der Waals surface area contributed by atoms with Crippen LogP contribution in [0.3, 0.4) is 0 Å². The maximum absolute atomic E-state index is 9.58. The van der Waals surface area contributed by atoms with Gasteiger partial charge in [0, 0.05) is 23.4 Å². The van der Waals surface area contributed by atoms with E-state index in [1.165, 1.54) is 10.4 Å². The zero-order valence-electron chi connectivity index (χ0n) is 13.5. The smallest absolute Gasteiger partial charge is 0.146 e. The van der Waals surface area contributed by atoms with Crippen LogP contribution >= 0.6 is 11.3 Å². The van der Waals surface area contributed by atoms with E-state index in [-0.39, 0.29) is 12.0 Å². The van der Waals surface area contributed by atoms with E-state index in [0.717, 1.165) is 42.0 Å². The topological polar surface area (TPSA) is 75.3 Å². The fourth-order valence-electron chi connectivity index (χ4n) is 3.29. The van der Waals surface area contributed by atoms with Crippen LogP contribution in [0.5, 0.6) is 0 Å². The van der Waals surface area contributed by atoms with Crippen molar-refractivity contribution >= 4 is 27.4 Å². The number of fused-ring (bicyclic) bond motifs is 1. The quantitative estimate of drug-likeness (QED) is 0.909. The summed E-state index contributed by atoms with van der Waals surface area (Å²) in [6, 6.07) is 0. The van der Waals surface area contributed by atoms with E-state index in [4.69, 9.17) is 10.7 Å². The van der Waals surface area contributed by atoms with Crippen molar-refractivity contribution in [2.75, 3.05) is 25.4 Å². The lowest BCUT2D eigenvalue weighted by Crippen LogP contribution is -2.43. The molecule has 0 bridgehead atoms. The number of rotatable bonds is 3. The zero-order valence-corrected chi connectivity index (χ0v) is 14.3. The number of hydrogen-bond donors (Lipinski definition) is 2. The van der Waals surface area contributed by atoms with E-state index in [2.05, 4.69) is 30.7 Å². The predicted molar refractivity (Wildman–Crippen MR) is 91.0 cm³/mol. The van der Waals surface area contributed by atoms with Crippen LogP contribution in [-0.4, -0.2) is 39.7 Å². The highest BCUT2D eigenvalue weighted by atomic mass is 32.1. The number of nitrogens with zero attached hydrogens (tertiary/aromatic N) is 3. The maximum Gasteiger partial charge on any atom is 0.146 e. The summed E-state index contributed by atoms with van der Waals surface area (Å²) >= 11 is 1.68. The van der Waals surface area contributed by atoms with Gasteiger partial charge in [0.05, 0.1) is 11.9 Å². The third kappa shape index (κ3) is 2.83. The maximum atomic E-state index is 9.58. The van der Waals surface area contributed by atoms with Gasteiger partial charge in [0.2, 0.25) is 0 Å². The largest absolute Gasteiger partial charge is 0.396 e. The van der Waals surface area contributed by atoms with Crippen molar-refractivity contribution in [1.82, 2.24) is 14.9 Å². The Morgan fingerprint density at radius 1 is 1.36 bits per heavy atom. The number of aliphatic hydroxyl groups is 1. The van der Waals surface area contributed by atoms with E-state index in [1.54, 1.807) is 11.3 Å². The molecule has 0 aromatic carbocycles. The Bertz CT molecular complexity index is 699. The minimum absolute atomic E-state index is 0.00992. The normalized spacial score (nSPS) is 23.3. The molecule has 0 saturated carbocycles. The van der Waals surface area contributed by atoms with Crippen LogP contribution in [0.4, 0.5) is 5.82 Å². The molecule has 5 nitrogen and oxygen atoms in total. The summed E-state index contributed by atoms with van der Waals surface area (Å²) in [5.41, 5.74) is 7.33. The summed E-state index contributed by atoms with van der Waals surface area (Å²) < 4.78 is 0. The number of aryl methyl sites for hydroxylation is 2. The molecule has 1 fully saturated rings. The second-order valence-electron chi connectivity index (χ2n) is 6.77. The lowest BCUT2D eigenvalue weighted by molar-refractivity contribution is 0.0418. The molecule has 1 saturated heterocycles. The summed E-state index contributed by atoms with van der Waals surface area (Å²) in [6.45, 7) is 9.15. The number of nitrogen functional groups attached to an aromatic ring is 1. The van der Waals surface area contributed by atoms with Crippen molar-refractivity contribution in [1.29, 1.82) is 0 Å². The predicted octanol–water partition coefficient (Wildman–Crippen LogP) is 2.48. The van der Waals surface area contributed by atoms with Crippen LogP contribution in [0.25, 0.3) is 10.2 Å². The molecular weight excluding hydrogens is 296 g/mol. The number of piperidine rings is 1. The molecule has 0 radical (unpaired) electrons. The summed E-state index contributed by atoms with van der Waals surface area (Å²) in [5.74, 6) is 1.37. The van der Waals surface area contributed by atoms with E-state index in [1.807, 2.05) is 0 Å². The van der Waals surface area contributed by atoms with E-state index < -0.39 is 0 Å². The van der Waals surface area contributed by atoms with Gasteiger partial charge in [-0.15, -0.1) is 11.3 Å². The molecule has 0 aliphatic carbocycles. The molecule has 3 rings (SSSR count). The average Bonchev–Trinajstić information content (AvgIpc) is 2.74. The SMILES string of the molecule is Cc1sc2nc(CN3CCCC(C)(CO)C3)nc(N)c2c1C. The van der Waals surface area contributed by atoms with Crippen molar-refractivity contribution in [2.45, 2.75) is 40.2 Å². The van der Waals surface area contributed by atoms with Crippen LogP contribution in [0.2, 0.25) is 0 Å². The Balaban J connectivity index is 1.85. The fraction of sp³-hybridized carbons (Fsp3) is 0.625. The minimum Gasteiger partial charge on any atom is -0.396 e. The monoisotopic (exact) mass is 320 g/mol. The number of aromatic nitrogens is 2. The molecule has 22 heavy (non-hydrogen) atoms. The lowest BCUT2D eigenvalue weighted by Gasteiger charge is -2.39. The number of aliphatic hydroxyl groups excluding tert-OH is 1. The van der Waals surface area contributed by atoms with Gasteiger partial charge < -0.3 is 10.8 Å².